The summed E-state index contributed by atoms with van der Waals surface area (Å²) in [5.74, 6) is 0. The molecule has 0 aromatic heterocycles. The lowest BCUT2D eigenvalue weighted by Crippen LogP contribution is -2.31. The van der Waals surface area contributed by atoms with Crippen molar-refractivity contribution in [2.24, 2.45) is 0 Å². The molecule has 0 bridgehead atoms. The van der Waals surface area contributed by atoms with Crippen molar-refractivity contribution in [1.82, 2.24) is 5.32 Å². The Morgan fingerprint density at radius 3 is 2.56 bits per heavy atom. The van der Waals surface area contributed by atoms with E-state index in [4.69, 9.17) is 19.3 Å². The van der Waals surface area contributed by atoms with Gasteiger partial charge in [0.2, 0.25) is 0 Å². The summed E-state index contributed by atoms with van der Waals surface area (Å²) in [4.78, 5) is 0. The van der Waals surface area contributed by atoms with Gasteiger partial charge in [0.15, 0.2) is 0 Å². The van der Waals surface area contributed by atoms with Crippen LogP contribution >= 0.6 is 0 Å². The number of hydrogen-bond donors (Lipinski definition) is 3. The first-order chi connectivity index (χ1) is 8.81. The van der Waals surface area contributed by atoms with Crippen LogP contribution in [0.3, 0.4) is 0 Å². The highest BCUT2D eigenvalue weighted by atomic mass is 16.5. The second-order valence-corrected chi connectivity index (χ2v) is 3.82. The van der Waals surface area contributed by atoms with Crippen LogP contribution in [-0.4, -0.2) is 75.7 Å². The first-order valence-corrected chi connectivity index (χ1v) is 6.54. The fourth-order valence-corrected chi connectivity index (χ4v) is 1.28. The Labute approximate surface area is 109 Å². The topological polar surface area (TPSA) is 80.2 Å². The molecule has 0 aliphatic heterocycles. The van der Waals surface area contributed by atoms with Gasteiger partial charge in [-0.05, 0) is 19.9 Å². The fraction of sp³-hybridized carbons (Fsp3) is 1.00. The van der Waals surface area contributed by atoms with E-state index in [-0.39, 0.29) is 6.61 Å². The summed E-state index contributed by atoms with van der Waals surface area (Å²) in [7, 11) is 0. The molecule has 0 aromatic rings. The van der Waals surface area contributed by atoms with Gasteiger partial charge in [0.25, 0.3) is 0 Å². The number of rotatable bonds is 14. The van der Waals surface area contributed by atoms with Gasteiger partial charge in [0.1, 0.15) is 0 Å². The molecule has 0 fully saturated rings. The van der Waals surface area contributed by atoms with Gasteiger partial charge < -0.3 is 29.7 Å². The highest BCUT2D eigenvalue weighted by Gasteiger charge is 2.03. The van der Waals surface area contributed by atoms with E-state index in [1.54, 1.807) is 0 Å². The molecule has 0 rings (SSSR count). The van der Waals surface area contributed by atoms with Crippen LogP contribution in [0.25, 0.3) is 0 Å². The third kappa shape index (κ3) is 13.8. The third-order valence-corrected chi connectivity index (χ3v) is 2.14. The van der Waals surface area contributed by atoms with Gasteiger partial charge >= 0.3 is 0 Å². The van der Waals surface area contributed by atoms with Crippen LogP contribution in [0.1, 0.15) is 13.3 Å². The molecule has 110 valence electrons. The van der Waals surface area contributed by atoms with Crippen LogP contribution in [-0.2, 0) is 14.2 Å². The minimum atomic E-state index is -0.495. The van der Waals surface area contributed by atoms with E-state index < -0.39 is 6.10 Å². The van der Waals surface area contributed by atoms with E-state index in [9.17, 15) is 5.11 Å². The summed E-state index contributed by atoms with van der Waals surface area (Å²) in [6.45, 7) is 6.38. The van der Waals surface area contributed by atoms with Crippen LogP contribution in [0.2, 0.25) is 0 Å². The average molecular weight is 265 g/mol. The Hall–Kier alpha value is -0.240. The zero-order valence-corrected chi connectivity index (χ0v) is 11.3. The molecule has 0 aliphatic carbocycles. The van der Waals surface area contributed by atoms with Gasteiger partial charge in [-0.15, -0.1) is 0 Å². The molecule has 0 saturated carbocycles. The van der Waals surface area contributed by atoms with Gasteiger partial charge in [-0.1, -0.05) is 0 Å². The number of nitrogens with one attached hydrogen (secondary N) is 1. The Morgan fingerprint density at radius 2 is 1.83 bits per heavy atom. The maximum absolute atomic E-state index is 9.55. The lowest BCUT2D eigenvalue weighted by atomic mass is 10.3. The van der Waals surface area contributed by atoms with E-state index in [0.717, 1.165) is 13.0 Å². The molecule has 0 amide bonds. The van der Waals surface area contributed by atoms with Crippen LogP contribution in [0.15, 0.2) is 0 Å². The van der Waals surface area contributed by atoms with Crippen molar-refractivity contribution in [3.05, 3.63) is 0 Å². The van der Waals surface area contributed by atoms with Crippen LogP contribution in [0, 0.1) is 0 Å². The molecule has 6 nitrogen and oxygen atoms in total. The molecule has 6 heteroatoms. The Balaban J connectivity index is 3.09. The molecular formula is C12H27NO5. The molecule has 0 saturated heterocycles. The third-order valence-electron chi connectivity index (χ3n) is 2.14. The van der Waals surface area contributed by atoms with Gasteiger partial charge in [-0.2, -0.15) is 0 Å². The number of aliphatic hydroxyl groups excluding tert-OH is 2. The van der Waals surface area contributed by atoms with Crippen LogP contribution < -0.4 is 5.32 Å². The molecule has 1 atom stereocenters. The molecule has 1 unspecified atom stereocenters. The van der Waals surface area contributed by atoms with Crippen LogP contribution in [0.4, 0.5) is 0 Å². The van der Waals surface area contributed by atoms with Crippen molar-refractivity contribution in [2.75, 3.05) is 59.3 Å². The summed E-state index contributed by atoms with van der Waals surface area (Å²) in [6.07, 6.45) is 0.364. The zero-order chi connectivity index (χ0) is 13.5. The summed E-state index contributed by atoms with van der Waals surface area (Å²) >= 11 is 0. The van der Waals surface area contributed by atoms with Gasteiger partial charge in [0, 0.05) is 19.8 Å². The maximum Gasteiger partial charge on any atom is 0.0897 e. The predicted octanol–water partition coefficient (Wildman–Crippen LogP) is -0.611. The summed E-state index contributed by atoms with van der Waals surface area (Å²) < 4.78 is 15.4. The first-order valence-electron chi connectivity index (χ1n) is 6.54. The largest absolute Gasteiger partial charge is 0.394 e. The normalized spacial score (nSPS) is 12.8. The standard InChI is InChI=1S/C12H27NO5/c1-2-16-8-9-18-11-12(15)10-13-4-3-6-17-7-5-14/h12-15H,2-11H2,1H3. The number of ether oxygens (including phenoxy) is 3. The van der Waals surface area contributed by atoms with Crippen molar-refractivity contribution in [1.29, 1.82) is 0 Å². The number of aliphatic hydroxyl groups is 2. The van der Waals surface area contributed by atoms with E-state index in [1.165, 1.54) is 0 Å². The Kier molecular flexibility index (Phi) is 14.6. The molecule has 0 spiro atoms. The Bertz CT molecular complexity index is 159. The van der Waals surface area contributed by atoms with Crippen molar-refractivity contribution in [2.45, 2.75) is 19.4 Å². The quantitative estimate of drug-likeness (QED) is 0.364. The maximum atomic E-state index is 9.55. The van der Waals surface area contributed by atoms with Crippen molar-refractivity contribution >= 4 is 0 Å². The van der Waals surface area contributed by atoms with E-state index in [1.807, 2.05) is 6.92 Å². The van der Waals surface area contributed by atoms with Crippen molar-refractivity contribution < 1.29 is 24.4 Å². The van der Waals surface area contributed by atoms with Gasteiger partial charge in [-0.25, -0.2) is 0 Å². The average Bonchev–Trinajstić information content (AvgIpc) is 2.37. The van der Waals surface area contributed by atoms with E-state index in [2.05, 4.69) is 5.32 Å². The van der Waals surface area contributed by atoms with Crippen molar-refractivity contribution in [3.63, 3.8) is 0 Å². The predicted molar refractivity (Wildman–Crippen MR) is 68.7 cm³/mol. The van der Waals surface area contributed by atoms with E-state index in [0.29, 0.717) is 46.2 Å². The highest BCUT2D eigenvalue weighted by Crippen LogP contribution is 1.86. The van der Waals surface area contributed by atoms with E-state index >= 15 is 0 Å². The summed E-state index contributed by atoms with van der Waals surface area (Å²) in [6, 6.07) is 0. The molecule has 0 aliphatic rings. The van der Waals surface area contributed by atoms with Gasteiger partial charge in [-0.3, -0.25) is 0 Å². The fourth-order valence-electron chi connectivity index (χ4n) is 1.28. The van der Waals surface area contributed by atoms with Crippen LogP contribution in [0.5, 0.6) is 0 Å². The lowest BCUT2D eigenvalue weighted by Gasteiger charge is -2.12. The molecule has 3 N–H and O–H groups in total. The molecule has 0 heterocycles. The molecule has 18 heavy (non-hydrogen) atoms. The molecule has 0 radical (unpaired) electrons. The SMILES string of the molecule is CCOCCOCC(O)CNCCCOCCO. The molecule has 0 aromatic carbocycles. The van der Waals surface area contributed by atoms with Gasteiger partial charge in [0.05, 0.1) is 39.1 Å². The summed E-state index contributed by atoms with van der Waals surface area (Å²) in [5, 5.41) is 21.1. The Morgan fingerprint density at radius 1 is 1.06 bits per heavy atom. The highest BCUT2D eigenvalue weighted by molar-refractivity contribution is 4.58. The minimum Gasteiger partial charge on any atom is -0.394 e. The van der Waals surface area contributed by atoms with Crippen molar-refractivity contribution in [3.8, 4) is 0 Å². The minimum absolute atomic E-state index is 0.0607. The molecular weight excluding hydrogens is 238 g/mol. The monoisotopic (exact) mass is 265 g/mol. The second-order valence-electron chi connectivity index (χ2n) is 3.82. The first kappa shape index (κ1) is 17.8. The second kappa shape index (κ2) is 14.8. The number of hydrogen-bond acceptors (Lipinski definition) is 6. The zero-order valence-electron chi connectivity index (χ0n) is 11.3. The lowest BCUT2D eigenvalue weighted by molar-refractivity contribution is 0.00635. The summed E-state index contributed by atoms with van der Waals surface area (Å²) in [5.41, 5.74) is 0. The smallest absolute Gasteiger partial charge is 0.0897 e.